The van der Waals surface area contributed by atoms with Crippen LogP contribution in [-0.4, -0.2) is 26.0 Å². The van der Waals surface area contributed by atoms with Crippen LogP contribution in [0.5, 0.6) is 5.75 Å². The maximum absolute atomic E-state index is 11.8. The Kier molecular flexibility index (Phi) is 4.99. The number of ketones is 1. The molecule has 0 aliphatic heterocycles. The maximum Gasteiger partial charge on any atom is 0.176 e. The van der Waals surface area contributed by atoms with Crippen molar-refractivity contribution in [1.82, 2.24) is 5.32 Å². The van der Waals surface area contributed by atoms with Crippen molar-refractivity contribution in [2.24, 2.45) is 5.92 Å². The second kappa shape index (κ2) is 6.28. The Balaban J connectivity index is 2.52. The molecule has 1 rings (SSSR count). The topological polar surface area (TPSA) is 38.3 Å². The zero-order valence-electron chi connectivity index (χ0n) is 10.1. The molecule has 0 saturated carbocycles. The Morgan fingerprint density at radius 2 is 2.19 bits per heavy atom. The van der Waals surface area contributed by atoms with Crippen LogP contribution >= 0.6 is 0 Å². The molecule has 16 heavy (non-hydrogen) atoms. The number of methoxy groups -OCH3 is 1. The van der Waals surface area contributed by atoms with E-state index < -0.39 is 0 Å². The molecule has 0 aliphatic carbocycles. The van der Waals surface area contributed by atoms with Crippen LogP contribution in [0.2, 0.25) is 0 Å². The summed E-state index contributed by atoms with van der Waals surface area (Å²) in [5, 5.41) is 3.13. The van der Waals surface area contributed by atoms with E-state index in [0.29, 0.717) is 18.0 Å². The fourth-order valence-corrected chi connectivity index (χ4v) is 1.37. The normalized spacial score (nSPS) is 10.5. The molecule has 0 saturated heterocycles. The molecule has 0 bridgehead atoms. The van der Waals surface area contributed by atoms with Gasteiger partial charge >= 0.3 is 0 Å². The van der Waals surface area contributed by atoms with Gasteiger partial charge in [0.1, 0.15) is 5.75 Å². The Hall–Kier alpha value is -1.35. The van der Waals surface area contributed by atoms with Gasteiger partial charge in [-0.3, -0.25) is 4.79 Å². The lowest BCUT2D eigenvalue weighted by molar-refractivity contribution is 0.0990. The number of carbonyl (C=O) groups excluding carboxylic acids is 1. The molecule has 0 heterocycles. The van der Waals surface area contributed by atoms with Crippen molar-refractivity contribution in [3.05, 3.63) is 29.8 Å². The molecule has 1 N–H and O–H groups in total. The standard InChI is InChI=1S/C13H19NO2/c1-10(2)8-14-9-13(15)11-5-4-6-12(7-11)16-3/h4-7,10,14H,8-9H2,1-3H3. The molecule has 0 unspecified atom stereocenters. The third-order valence-corrected chi connectivity index (χ3v) is 2.23. The molecule has 3 heteroatoms. The minimum absolute atomic E-state index is 0.0968. The highest BCUT2D eigenvalue weighted by Crippen LogP contribution is 2.12. The number of hydrogen-bond donors (Lipinski definition) is 1. The van der Waals surface area contributed by atoms with E-state index in [1.165, 1.54) is 0 Å². The number of hydrogen-bond acceptors (Lipinski definition) is 3. The average molecular weight is 221 g/mol. The SMILES string of the molecule is COc1cccc(C(=O)CNCC(C)C)c1. The molecular weight excluding hydrogens is 202 g/mol. The molecule has 0 spiro atoms. The fourth-order valence-electron chi connectivity index (χ4n) is 1.37. The number of carbonyl (C=O) groups is 1. The molecule has 88 valence electrons. The highest BCUT2D eigenvalue weighted by atomic mass is 16.5. The molecular formula is C13H19NO2. The lowest BCUT2D eigenvalue weighted by Crippen LogP contribution is -2.26. The molecule has 0 atom stereocenters. The van der Waals surface area contributed by atoms with E-state index in [2.05, 4.69) is 19.2 Å². The van der Waals surface area contributed by atoms with Gasteiger partial charge in [0, 0.05) is 5.56 Å². The summed E-state index contributed by atoms with van der Waals surface area (Å²) in [5.74, 6) is 1.37. The maximum atomic E-state index is 11.8. The van der Waals surface area contributed by atoms with Gasteiger partial charge in [-0.15, -0.1) is 0 Å². The highest BCUT2D eigenvalue weighted by molar-refractivity contribution is 5.97. The van der Waals surface area contributed by atoms with Gasteiger partial charge in [-0.05, 0) is 24.6 Å². The van der Waals surface area contributed by atoms with Crippen LogP contribution < -0.4 is 10.1 Å². The van der Waals surface area contributed by atoms with E-state index in [9.17, 15) is 4.79 Å². The molecule has 3 nitrogen and oxygen atoms in total. The monoisotopic (exact) mass is 221 g/mol. The summed E-state index contributed by atoms with van der Waals surface area (Å²) < 4.78 is 5.08. The number of Topliss-reactive ketones (excluding diaryl/α,β-unsaturated/α-hetero) is 1. The Labute approximate surface area is 96.8 Å². The zero-order chi connectivity index (χ0) is 12.0. The number of nitrogens with one attached hydrogen (secondary N) is 1. The summed E-state index contributed by atoms with van der Waals surface area (Å²) in [7, 11) is 1.60. The van der Waals surface area contributed by atoms with Gasteiger partial charge in [0.2, 0.25) is 0 Å². The van der Waals surface area contributed by atoms with E-state index in [-0.39, 0.29) is 5.78 Å². The zero-order valence-corrected chi connectivity index (χ0v) is 10.1. The summed E-state index contributed by atoms with van der Waals surface area (Å²) >= 11 is 0. The molecule has 0 amide bonds. The minimum Gasteiger partial charge on any atom is -0.497 e. The molecule has 1 aromatic rings. The second-order valence-electron chi connectivity index (χ2n) is 4.18. The molecule has 0 fully saturated rings. The first-order chi connectivity index (χ1) is 7.63. The number of benzene rings is 1. The minimum atomic E-state index is 0.0968. The summed E-state index contributed by atoms with van der Waals surface area (Å²) in [6.45, 7) is 5.47. The second-order valence-corrected chi connectivity index (χ2v) is 4.18. The first-order valence-electron chi connectivity index (χ1n) is 5.51. The van der Waals surface area contributed by atoms with Crippen molar-refractivity contribution < 1.29 is 9.53 Å². The highest BCUT2D eigenvalue weighted by Gasteiger charge is 2.06. The van der Waals surface area contributed by atoms with Gasteiger partial charge in [0.05, 0.1) is 13.7 Å². The van der Waals surface area contributed by atoms with Gasteiger partial charge in [-0.25, -0.2) is 0 Å². The van der Waals surface area contributed by atoms with Crippen LogP contribution in [0.3, 0.4) is 0 Å². The van der Waals surface area contributed by atoms with E-state index in [1.807, 2.05) is 18.2 Å². The van der Waals surface area contributed by atoms with E-state index in [0.717, 1.165) is 12.3 Å². The van der Waals surface area contributed by atoms with Crippen molar-refractivity contribution in [3.63, 3.8) is 0 Å². The summed E-state index contributed by atoms with van der Waals surface area (Å²) in [6, 6.07) is 7.23. The van der Waals surface area contributed by atoms with E-state index >= 15 is 0 Å². The van der Waals surface area contributed by atoms with Crippen molar-refractivity contribution in [3.8, 4) is 5.75 Å². The molecule has 0 radical (unpaired) electrons. The van der Waals surface area contributed by atoms with Crippen LogP contribution in [0.15, 0.2) is 24.3 Å². The van der Waals surface area contributed by atoms with Gasteiger partial charge in [-0.2, -0.15) is 0 Å². The van der Waals surface area contributed by atoms with Crippen LogP contribution in [0.1, 0.15) is 24.2 Å². The largest absolute Gasteiger partial charge is 0.497 e. The van der Waals surface area contributed by atoms with Crippen molar-refractivity contribution in [1.29, 1.82) is 0 Å². The smallest absolute Gasteiger partial charge is 0.176 e. The first kappa shape index (κ1) is 12.7. The van der Waals surface area contributed by atoms with Crippen molar-refractivity contribution in [2.75, 3.05) is 20.2 Å². The third-order valence-electron chi connectivity index (χ3n) is 2.23. The number of rotatable bonds is 6. The fraction of sp³-hybridized carbons (Fsp3) is 0.462. The summed E-state index contributed by atoms with van der Waals surface area (Å²) in [6.07, 6.45) is 0. The lowest BCUT2D eigenvalue weighted by atomic mass is 10.1. The molecule has 1 aromatic carbocycles. The predicted molar refractivity (Wildman–Crippen MR) is 65.0 cm³/mol. The van der Waals surface area contributed by atoms with E-state index in [1.54, 1.807) is 13.2 Å². The van der Waals surface area contributed by atoms with E-state index in [4.69, 9.17) is 4.74 Å². The van der Waals surface area contributed by atoms with Crippen molar-refractivity contribution in [2.45, 2.75) is 13.8 Å². The van der Waals surface area contributed by atoms with Gasteiger partial charge in [0.15, 0.2) is 5.78 Å². The Bertz CT molecular complexity index is 348. The van der Waals surface area contributed by atoms with Gasteiger partial charge in [-0.1, -0.05) is 26.0 Å². The molecule has 0 aromatic heterocycles. The van der Waals surface area contributed by atoms with Crippen molar-refractivity contribution >= 4 is 5.78 Å². The van der Waals surface area contributed by atoms with Crippen LogP contribution in [-0.2, 0) is 0 Å². The average Bonchev–Trinajstić information content (AvgIpc) is 2.28. The van der Waals surface area contributed by atoms with Gasteiger partial charge in [0.25, 0.3) is 0 Å². The van der Waals surface area contributed by atoms with Crippen LogP contribution in [0.25, 0.3) is 0 Å². The summed E-state index contributed by atoms with van der Waals surface area (Å²) in [4.78, 5) is 11.8. The Morgan fingerprint density at radius 3 is 2.81 bits per heavy atom. The summed E-state index contributed by atoms with van der Waals surface area (Å²) in [5.41, 5.74) is 0.690. The van der Waals surface area contributed by atoms with Gasteiger partial charge < -0.3 is 10.1 Å². The van der Waals surface area contributed by atoms with Crippen LogP contribution in [0, 0.1) is 5.92 Å². The predicted octanol–water partition coefficient (Wildman–Crippen LogP) is 2.12. The Morgan fingerprint density at radius 1 is 1.44 bits per heavy atom. The lowest BCUT2D eigenvalue weighted by Gasteiger charge is -2.07. The number of ether oxygens (including phenoxy) is 1. The first-order valence-corrected chi connectivity index (χ1v) is 5.51. The quantitative estimate of drug-likeness (QED) is 0.748. The molecule has 0 aliphatic rings. The third kappa shape index (κ3) is 4.03. The van der Waals surface area contributed by atoms with Crippen LogP contribution in [0.4, 0.5) is 0 Å².